The molecule has 1 aliphatic heterocycles. The maximum absolute atomic E-state index is 11.0. The van der Waals surface area contributed by atoms with Crippen LogP contribution in [0.5, 0.6) is 0 Å². The Morgan fingerprint density at radius 3 is 2.53 bits per heavy atom. The molecule has 2 fully saturated rings. The molecule has 0 unspecified atom stereocenters. The molecule has 5 atom stereocenters. The van der Waals surface area contributed by atoms with Gasteiger partial charge in [-0.15, -0.1) is 0 Å². The molecule has 7 nitrogen and oxygen atoms in total. The van der Waals surface area contributed by atoms with E-state index in [0.29, 0.717) is 22.5 Å². The molecule has 2 aliphatic rings. The van der Waals surface area contributed by atoms with Gasteiger partial charge in [-0.1, -0.05) is 55.3 Å². The van der Waals surface area contributed by atoms with Crippen molar-refractivity contribution in [2.75, 3.05) is 13.1 Å². The normalized spacial score (nSPS) is 25.4. The molecule has 0 amide bonds. The number of thiocarbonyl (C=S) groups is 1. The van der Waals surface area contributed by atoms with Crippen LogP contribution < -0.4 is 10.6 Å². The van der Waals surface area contributed by atoms with Crippen molar-refractivity contribution in [3.63, 3.8) is 0 Å². The first-order chi connectivity index (χ1) is 18.4. The number of hydrogen-bond donors (Lipinski definition) is 5. The minimum atomic E-state index is -1.39. The van der Waals surface area contributed by atoms with E-state index < -0.39 is 30.6 Å². The summed E-state index contributed by atoms with van der Waals surface area (Å²) in [5, 5.41) is 40.5. The first-order valence-electron chi connectivity index (χ1n) is 13.5. The van der Waals surface area contributed by atoms with E-state index in [1.807, 2.05) is 29.0 Å². The summed E-state index contributed by atoms with van der Waals surface area (Å²) in [6.07, 6.45) is 1.46. The second-order valence-corrected chi connectivity index (χ2v) is 11.2. The highest BCUT2D eigenvalue weighted by molar-refractivity contribution is 7.80. The van der Waals surface area contributed by atoms with Crippen LogP contribution in [-0.4, -0.2) is 62.5 Å². The summed E-state index contributed by atoms with van der Waals surface area (Å²) in [4.78, 5) is 0. The lowest BCUT2D eigenvalue weighted by Crippen LogP contribution is -2.58. The second kappa shape index (κ2) is 11.9. The SMILES string of the molecule is CCCCNC(=S)NC[C@H]1O[C@@H](n2cc(Cc3ccc(C4CC4)cc3)c3c(Cl)cccc32)[C@H](O)[C@@H](O)[C@@H]1O. The Kier molecular flexibility index (Phi) is 8.57. The predicted octanol–water partition coefficient (Wildman–Crippen LogP) is 4.01. The molecule has 1 aliphatic carbocycles. The zero-order valence-electron chi connectivity index (χ0n) is 21.5. The molecule has 204 valence electrons. The smallest absolute Gasteiger partial charge is 0.166 e. The quantitative estimate of drug-likeness (QED) is 0.200. The van der Waals surface area contributed by atoms with Gasteiger partial charge in [0.15, 0.2) is 11.3 Å². The van der Waals surface area contributed by atoms with Crippen LogP contribution in [0.4, 0.5) is 0 Å². The molecular weight excluding hydrogens is 522 g/mol. The van der Waals surface area contributed by atoms with Crippen LogP contribution in [0.25, 0.3) is 10.9 Å². The number of aliphatic hydroxyl groups excluding tert-OH is 3. The van der Waals surface area contributed by atoms with Gasteiger partial charge in [0, 0.05) is 24.7 Å². The number of nitrogens with zero attached hydrogens (tertiary/aromatic N) is 1. The van der Waals surface area contributed by atoms with E-state index in [9.17, 15) is 15.3 Å². The van der Waals surface area contributed by atoms with E-state index in [1.54, 1.807) is 0 Å². The molecule has 9 heteroatoms. The minimum Gasteiger partial charge on any atom is -0.388 e. The molecule has 1 aromatic heterocycles. The average molecular weight is 558 g/mol. The molecule has 0 spiro atoms. The van der Waals surface area contributed by atoms with Crippen molar-refractivity contribution in [1.82, 2.24) is 15.2 Å². The zero-order chi connectivity index (χ0) is 26.8. The molecule has 1 saturated heterocycles. The number of unbranched alkanes of at least 4 members (excludes halogenated alkanes) is 1. The Bertz CT molecular complexity index is 1260. The van der Waals surface area contributed by atoms with Crippen molar-refractivity contribution in [1.29, 1.82) is 0 Å². The van der Waals surface area contributed by atoms with E-state index in [2.05, 4.69) is 41.8 Å². The third-order valence-corrected chi connectivity index (χ3v) is 8.15. The van der Waals surface area contributed by atoms with Crippen LogP contribution in [0.1, 0.15) is 61.4 Å². The number of ether oxygens (including phenoxy) is 1. The summed E-state index contributed by atoms with van der Waals surface area (Å²) in [7, 11) is 0. The molecular formula is C29H36ClN3O4S. The number of halogens is 1. The van der Waals surface area contributed by atoms with E-state index in [-0.39, 0.29) is 6.54 Å². The van der Waals surface area contributed by atoms with E-state index in [1.165, 1.54) is 24.0 Å². The maximum atomic E-state index is 11.0. The molecule has 2 aromatic carbocycles. The van der Waals surface area contributed by atoms with Gasteiger partial charge >= 0.3 is 0 Å². The molecule has 3 aromatic rings. The highest BCUT2D eigenvalue weighted by Crippen LogP contribution is 2.40. The number of rotatable bonds is 9. The lowest BCUT2D eigenvalue weighted by molar-refractivity contribution is -0.241. The highest BCUT2D eigenvalue weighted by atomic mass is 35.5. The van der Waals surface area contributed by atoms with Gasteiger partial charge in [-0.25, -0.2) is 0 Å². The molecule has 1 saturated carbocycles. The Labute approximate surface area is 233 Å². The Morgan fingerprint density at radius 2 is 1.82 bits per heavy atom. The highest BCUT2D eigenvalue weighted by Gasteiger charge is 2.44. The first kappa shape index (κ1) is 27.4. The summed E-state index contributed by atoms with van der Waals surface area (Å²) in [6.45, 7) is 3.04. The second-order valence-electron chi connectivity index (χ2n) is 10.4. The van der Waals surface area contributed by atoms with Gasteiger partial charge in [-0.2, -0.15) is 0 Å². The third kappa shape index (κ3) is 5.86. The summed E-state index contributed by atoms with van der Waals surface area (Å²) < 4.78 is 8.03. The summed E-state index contributed by atoms with van der Waals surface area (Å²) in [5.74, 6) is 0.705. The van der Waals surface area contributed by atoms with Gasteiger partial charge in [0.1, 0.15) is 24.4 Å². The zero-order valence-corrected chi connectivity index (χ0v) is 23.1. The van der Waals surface area contributed by atoms with Crippen LogP contribution in [0.2, 0.25) is 5.02 Å². The van der Waals surface area contributed by atoms with E-state index >= 15 is 0 Å². The molecule has 5 N–H and O–H groups in total. The van der Waals surface area contributed by atoms with Crippen molar-refractivity contribution < 1.29 is 20.1 Å². The van der Waals surface area contributed by atoms with Gasteiger partial charge in [-0.05, 0) is 72.6 Å². The monoisotopic (exact) mass is 557 g/mol. The molecule has 5 rings (SSSR count). The minimum absolute atomic E-state index is 0.180. The van der Waals surface area contributed by atoms with Crippen LogP contribution >= 0.6 is 23.8 Å². The van der Waals surface area contributed by atoms with Gasteiger partial charge in [0.25, 0.3) is 0 Å². The third-order valence-electron chi connectivity index (χ3n) is 7.55. The number of aromatic nitrogens is 1. The van der Waals surface area contributed by atoms with Crippen LogP contribution in [-0.2, 0) is 11.2 Å². The molecule has 0 bridgehead atoms. The number of hydrogen-bond acceptors (Lipinski definition) is 5. The number of fused-ring (bicyclic) bond motifs is 1. The fraction of sp³-hybridized carbons (Fsp3) is 0.483. The van der Waals surface area contributed by atoms with Crippen molar-refractivity contribution in [3.8, 4) is 0 Å². The standard InChI is InChI=1S/C29H36ClN3O4S/c1-2-3-13-31-29(38)32-15-23-25(34)26(35)27(36)28(37-23)33-16-20(24-21(30)5-4-6-22(24)33)14-17-7-9-18(10-8-17)19-11-12-19/h4-10,16,19,23,25-28,34-36H,2-3,11-15H2,1H3,(H2,31,32,38)/t23-,25-,26+,27-,28-/m1/s1. The lowest BCUT2D eigenvalue weighted by Gasteiger charge is -2.41. The average Bonchev–Trinajstić information content (AvgIpc) is 3.70. The van der Waals surface area contributed by atoms with Crippen molar-refractivity contribution in [2.24, 2.45) is 0 Å². The van der Waals surface area contributed by atoms with E-state index in [0.717, 1.165) is 35.9 Å². The molecule has 38 heavy (non-hydrogen) atoms. The number of aliphatic hydroxyl groups is 3. The maximum Gasteiger partial charge on any atom is 0.166 e. The summed E-state index contributed by atoms with van der Waals surface area (Å²) in [6, 6.07) is 14.4. The van der Waals surface area contributed by atoms with Crippen LogP contribution in [0.15, 0.2) is 48.7 Å². The molecule has 2 heterocycles. The van der Waals surface area contributed by atoms with E-state index in [4.69, 9.17) is 28.6 Å². The number of nitrogens with one attached hydrogen (secondary N) is 2. The van der Waals surface area contributed by atoms with Crippen molar-refractivity contribution in [3.05, 3.63) is 70.4 Å². The van der Waals surface area contributed by atoms with Crippen molar-refractivity contribution >= 4 is 39.8 Å². The fourth-order valence-electron chi connectivity index (χ4n) is 5.20. The summed E-state index contributed by atoms with van der Waals surface area (Å²) >= 11 is 12.0. The molecule has 0 radical (unpaired) electrons. The topological polar surface area (TPSA) is 98.9 Å². The fourth-order valence-corrected chi connectivity index (χ4v) is 5.68. The van der Waals surface area contributed by atoms with Gasteiger partial charge in [-0.3, -0.25) is 0 Å². The largest absolute Gasteiger partial charge is 0.388 e. The van der Waals surface area contributed by atoms with Crippen LogP contribution in [0.3, 0.4) is 0 Å². The van der Waals surface area contributed by atoms with Gasteiger partial charge in [0.05, 0.1) is 10.5 Å². The first-order valence-corrected chi connectivity index (χ1v) is 14.2. The van der Waals surface area contributed by atoms with Crippen LogP contribution in [0, 0.1) is 0 Å². The Morgan fingerprint density at radius 1 is 1.05 bits per heavy atom. The summed E-state index contributed by atoms with van der Waals surface area (Å²) in [5.41, 5.74) is 4.34. The Balaban J connectivity index is 1.39. The Hall–Kier alpha value is -2.20. The predicted molar refractivity (Wildman–Crippen MR) is 154 cm³/mol. The van der Waals surface area contributed by atoms with Gasteiger partial charge in [0.2, 0.25) is 0 Å². The number of benzene rings is 2. The van der Waals surface area contributed by atoms with Gasteiger partial charge < -0.3 is 35.3 Å². The lowest BCUT2D eigenvalue weighted by atomic mass is 9.97. The van der Waals surface area contributed by atoms with Crippen molar-refractivity contribution in [2.45, 2.75) is 75.6 Å².